The summed E-state index contributed by atoms with van der Waals surface area (Å²) in [5.41, 5.74) is 3.45. The van der Waals surface area contributed by atoms with Crippen LogP contribution in [-0.4, -0.2) is 51.2 Å². The molecule has 2 aliphatic rings. The van der Waals surface area contributed by atoms with Crippen molar-refractivity contribution in [1.29, 1.82) is 0 Å². The van der Waals surface area contributed by atoms with Crippen LogP contribution < -0.4 is 5.32 Å². The Hall–Kier alpha value is -3.36. The summed E-state index contributed by atoms with van der Waals surface area (Å²) in [6.45, 7) is 0.670. The summed E-state index contributed by atoms with van der Waals surface area (Å²) in [4.78, 5) is 38.8. The van der Waals surface area contributed by atoms with Crippen molar-refractivity contribution in [1.82, 2.24) is 25.2 Å². The Bertz CT molecular complexity index is 1150. The Kier molecular flexibility index (Phi) is 4.88. The predicted molar refractivity (Wildman–Crippen MR) is 108 cm³/mol. The number of rotatable bonds is 4. The zero-order valence-electron chi connectivity index (χ0n) is 16.6. The Morgan fingerprint density at radius 3 is 2.87 bits per heavy atom. The summed E-state index contributed by atoms with van der Waals surface area (Å²) in [6, 6.07) is 7.24. The first kappa shape index (κ1) is 19.6. The van der Waals surface area contributed by atoms with Crippen molar-refractivity contribution in [2.24, 2.45) is 11.8 Å². The number of imidazole rings is 1. The third kappa shape index (κ3) is 3.64. The van der Waals surface area contributed by atoms with Crippen LogP contribution in [0, 0.1) is 11.8 Å². The number of pyridine rings is 1. The number of nitrogens with one attached hydrogen (secondary N) is 2. The minimum Gasteiger partial charge on any atom is -0.343 e. The van der Waals surface area contributed by atoms with E-state index < -0.39 is 24.3 Å². The van der Waals surface area contributed by atoms with Crippen molar-refractivity contribution < 1.29 is 18.4 Å². The monoisotopic (exact) mass is 425 g/mol. The molecular formula is C22H21F2N5O2. The van der Waals surface area contributed by atoms with Gasteiger partial charge in [0.2, 0.25) is 12.3 Å². The average Bonchev–Trinajstić information content (AvgIpc) is 3.48. The van der Waals surface area contributed by atoms with Crippen molar-refractivity contribution in [2.45, 2.75) is 25.3 Å². The van der Waals surface area contributed by atoms with Gasteiger partial charge in [0, 0.05) is 31.1 Å². The predicted octanol–water partition coefficient (Wildman–Crippen LogP) is 2.71. The van der Waals surface area contributed by atoms with Crippen molar-refractivity contribution >= 4 is 22.8 Å². The Morgan fingerprint density at radius 1 is 1.23 bits per heavy atom. The number of aromatic nitrogens is 3. The molecule has 9 heteroatoms. The van der Waals surface area contributed by atoms with Gasteiger partial charge in [0.25, 0.3) is 5.91 Å². The highest BCUT2D eigenvalue weighted by molar-refractivity contribution is 6.04. The van der Waals surface area contributed by atoms with E-state index in [4.69, 9.17) is 0 Å². The van der Waals surface area contributed by atoms with E-state index in [0.717, 1.165) is 11.1 Å². The van der Waals surface area contributed by atoms with E-state index in [9.17, 15) is 18.4 Å². The molecule has 1 aliphatic carbocycles. The number of benzene rings is 1. The van der Waals surface area contributed by atoms with Gasteiger partial charge in [-0.2, -0.15) is 0 Å². The summed E-state index contributed by atoms with van der Waals surface area (Å²) in [6.07, 6.45) is 2.91. The first-order chi connectivity index (χ1) is 15.0. The van der Waals surface area contributed by atoms with Crippen LogP contribution in [0.15, 0.2) is 43.0 Å². The molecule has 31 heavy (non-hydrogen) atoms. The lowest BCUT2D eigenvalue weighted by Crippen LogP contribution is -2.41. The van der Waals surface area contributed by atoms with Gasteiger partial charge in [-0.25, -0.2) is 13.8 Å². The van der Waals surface area contributed by atoms with Gasteiger partial charge in [-0.05, 0) is 24.0 Å². The number of fused-ring (bicyclic) bond motifs is 2. The molecule has 1 fully saturated rings. The zero-order chi connectivity index (χ0) is 21.5. The van der Waals surface area contributed by atoms with E-state index in [1.165, 1.54) is 12.5 Å². The molecule has 2 N–H and O–H groups in total. The second-order valence-corrected chi connectivity index (χ2v) is 8.09. The third-order valence-corrected chi connectivity index (χ3v) is 6.16. The third-order valence-electron chi connectivity index (χ3n) is 6.16. The summed E-state index contributed by atoms with van der Waals surface area (Å²) >= 11 is 0. The highest BCUT2D eigenvalue weighted by Gasteiger charge is 2.50. The molecule has 2 aromatic heterocycles. The van der Waals surface area contributed by atoms with Crippen LogP contribution in [0.1, 0.15) is 33.9 Å². The van der Waals surface area contributed by atoms with Crippen LogP contribution in [0.25, 0.3) is 11.0 Å². The number of hydrogen-bond donors (Lipinski definition) is 2. The Morgan fingerprint density at radius 2 is 2.06 bits per heavy atom. The molecule has 3 atom stereocenters. The lowest BCUT2D eigenvalue weighted by atomic mass is 9.99. The smallest absolute Gasteiger partial charge is 0.255 e. The Labute approximate surface area is 176 Å². The van der Waals surface area contributed by atoms with Crippen molar-refractivity contribution in [3.63, 3.8) is 0 Å². The van der Waals surface area contributed by atoms with E-state index in [-0.39, 0.29) is 24.8 Å². The van der Waals surface area contributed by atoms with Crippen LogP contribution in [-0.2, 0) is 11.2 Å². The zero-order valence-corrected chi connectivity index (χ0v) is 16.6. The molecule has 1 aliphatic heterocycles. The molecule has 7 nitrogen and oxygen atoms in total. The van der Waals surface area contributed by atoms with Gasteiger partial charge in [0.1, 0.15) is 5.52 Å². The van der Waals surface area contributed by atoms with Gasteiger partial charge in [-0.15, -0.1) is 0 Å². The van der Waals surface area contributed by atoms with Gasteiger partial charge >= 0.3 is 0 Å². The maximum absolute atomic E-state index is 13.1. The standard InChI is InChI=1S/C22H21F2N5O2/c23-20(24)14-7-15(14)22(31)29-6-5-12-3-1-2-4-13(12)18(10-29)28-21(30)16-8-25-9-17-19(16)27-11-26-17/h1-4,8-9,11,14-15,18,20H,5-7,10H2,(H,26,27)(H,28,30)/t14-,15+,18?/m1/s1. The molecule has 1 saturated carbocycles. The number of amides is 2. The van der Waals surface area contributed by atoms with E-state index in [2.05, 4.69) is 20.3 Å². The molecule has 5 rings (SSSR count). The van der Waals surface area contributed by atoms with Crippen LogP contribution in [0.2, 0.25) is 0 Å². The molecule has 160 valence electrons. The van der Waals surface area contributed by atoms with E-state index >= 15 is 0 Å². The van der Waals surface area contributed by atoms with Gasteiger partial charge in [0.15, 0.2) is 0 Å². The lowest BCUT2D eigenvalue weighted by Gasteiger charge is -2.26. The SMILES string of the molecule is O=C(NC1CN(C(=O)[C@H]2C[C@H]2C(F)F)CCc2ccccc21)c1cncc2[nH]cnc12. The minimum atomic E-state index is -2.48. The number of aromatic amines is 1. The minimum absolute atomic E-state index is 0.226. The molecule has 1 aromatic carbocycles. The fourth-order valence-electron chi connectivity index (χ4n) is 4.37. The number of carbonyl (C=O) groups is 2. The number of alkyl halides is 2. The number of carbonyl (C=O) groups excluding carboxylic acids is 2. The molecule has 3 aromatic rings. The van der Waals surface area contributed by atoms with Crippen LogP contribution >= 0.6 is 0 Å². The molecule has 0 bridgehead atoms. The summed E-state index contributed by atoms with van der Waals surface area (Å²) in [5.74, 6) is -2.08. The van der Waals surface area contributed by atoms with Gasteiger partial charge in [-0.1, -0.05) is 24.3 Å². The topological polar surface area (TPSA) is 91.0 Å². The van der Waals surface area contributed by atoms with Crippen LogP contribution in [0.3, 0.4) is 0 Å². The summed E-state index contributed by atoms with van der Waals surface area (Å²) < 4.78 is 26.0. The largest absolute Gasteiger partial charge is 0.343 e. The second-order valence-electron chi connectivity index (χ2n) is 8.09. The summed E-state index contributed by atoms with van der Waals surface area (Å²) in [7, 11) is 0. The molecule has 0 saturated heterocycles. The summed E-state index contributed by atoms with van der Waals surface area (Å²) in [5, 5.41) is 3.02. The number of nitrogens with zero attached hydrogens (tertiary/aromatic N) is 3. The normalized spacial score (nSPS) is 22.8. The maximum Gasteiger partial charge on any atom is 0.255 e. The Balaban J connectivity index is 1.41. The quantitative estimate of drug-likeness (QED) is 0.673. The lowest BCUT2D eigenvalue weighted by molar-refractivity contribution is -0.133. The highest BCUT2D eigenvalue weighted by Crippen LogP contribution is 2.44. The van der Waals surface area contributed by atoms with Crippen molar-refractivity contribution in [2.75, 3.05) is 13.1 Å². The average molecular weight is 425 g/mol. The number of halogens is 2. The first-order valence-corrected chi connectivity index (χ1v) is 10.3. The van der Waals surface area contributed by atoms with Gasteiger partial charge in [-0.3, -0.25) is 14.6 Å². The van der Waals surface area contributed by atoms with Gasteiger partial charge < -0.3 is 15.2 Å². The van der Waals surface area contributed by atoms with Crippen LogP contribution in [0.5, 0.6) is 0 Å². The second kappa shape index (κ2) is 7.72. The number of hydrogen-bond acceptors (Lipinski definition) is 4. The van der Waals surface area contributed by atoms with E-state index in [1.54, 1.807) is 11.1 Å². The fraction of sp³-hybridized carbons (Fsp3) is 0.364. The molecule has 0 radical (unpaired) electrons. The highest BCUT2D eigenvalue weighted by atomic mass is 19.3. The van der Waals surface area contributed by atoms with Crippen molar-refractivity contribution in [3.8, 4) is 0 Å². The van der Waals surface area contributed by atoms with Crippen LogP contribution in [0.4, 0.5) is 8.78 Å². The van der Waals surface area contributed by atoms with Gasteiger partial charge in [0.05, 0.1) is 29.6 Å². The molecule has 0 spiro atoms. The van der Waals surface area contributed by atoms with E-state index in [1.807, 2.05) is 24.3 Å². The fourth-order valence-corrected chi connectivity index (χ4v) is 4.37. The van der Waals surface area contributed by atoms with Crippen molar-refractivity contribution in [3.05, 3.63) is 59.7 Å². The first-order valence-electron chi connectivity index (χ1n) is 10.3. The van der Waals surface area contributed by atoms with E-state index in [0.29, 0.717) is 29.6 Å². The molecule has 2 amide bonds. The number of H-pyrrole nitrogens is 1. The maximum atomic E-state index is 13.1. The molecular weight excluding hydrogens is 404 g/mol. The molecule has 3 heterocycles. The molecule has 1 unspecified atom stereocenters.